The molecule has 0 spiro atoms. The second-order valence-corrected chi connectivity index (χ2v) is 7.02. The number of nitrogens with one attached hydrogen (secondary N) is 1. The Morgan fingerprint density at radius 3 is 2.23 bits per heavy atom. The summed E-state index contributed by atoms with van der Waals surface area (Å²) in [4.78, 5) is 23.6. The Labute approximate surface area is 151 Å². The number of sulfonamides is 1. The maximum Gasteiger partial charge on any atom is 0.291 e. The van der Waals surface area contributed by atoms with E-state index in [1.807, 2.05) is 0 Å². The molecule has 0 aliphatic heterocycles. The van der Waals surface area contributed by atoms with Crippen molar-refractivity contribution in [2.75, 3.05) is 6.54 Å². The first-order valence-corrected chi connectivity index (χ1v) is 9.22. The van der Waals surface area contributed by atoms with Gasteiger partial charge in [-0.25, -0.2) is 13.6 Å². The predicted molar refractivity (Wildman–Crippen MR) is 96.6 cm³/mol. The van der Waals surface area contributed by atoms with Gasteiger partial charge in [-0.15, -0.1) is 0 Å². The van der Waals surface area contributed by atoms with E-state index in [0.29, 0.717) is 12.0 Å². The highest BCUT2D eigenvalue weighted by Crippen LogP contribution is 2.10. The smallest absolute Gasteiger partial charge is 0.291 e. The van der Waals surface area contributed by atoms with Crippen LogP contribution in [0.3, 0.4) is 0 Å². The van der Waals surface area contributed by atoms with Crippen molar-refractivity contribution in [3.05, 3.63) is 71.8 Å². The van der Waals surface area contributed by atoms with E-state index >= 15 is 0 Å². The number of amides is 1. The molecule has 0 heterocycles. The molecule has 136 valence electrons. The molecule has 26 heavy (non-hydrogen) atoms. The van der Waals surface area contributed by atoms with Crippen molar-refractivity contribution in [3.63, 3.8) is 0 Å². The summed E-state index contributed by atoms with van der Waals surface area (Å²) in [6.07, 6.45) is 1.27. The summed E-state index contributed by atoms with van der Waals surface area (Å²) in [6.45, 7) is 0.180. The van der Waals surface area contributed by atoms with Crippen LogP contribution in [0.15, 0.2) is 65.6 Å². The molecule has 0 saturated carbocycles. The molecule has 0 saturated heterocycles. The minimum Gasteiger partial charge on any atom is -0.507 e. The Morgan fingerprint density at radius 1 is 1.04 bits per heavy atom. The zero-order chi connectivity index (χ0) is 19.2. The molecule has 0 bridgehead atoms. The molecule has 2 aromatic carbocycles. The number of primary sulfonamides is 1. The zero-order valence-electron chi connectivity index (χ0n) is 13.8. The van der Waals surface area contributed by atoms with Gasteiger partial charge in [0.25, 0.3) is 5.91 Å². The van der Waals surface area contributed by atoms with Crippen molar-refractivity contribution >= 4 is 27.5 Å². The maximum atomic E-state index is 11.8. The van der Waals surface area contributed by atoms with Crippen LogP contribution in [0.1, 0.15) is 11.1 Å². The Hall–Kier alpha value is -2.97. The average Bonchev–Trinajstić information content (AvgIpc) is 2.62. The van der Waals surface area contributed by atoms with Gasteiger partial charge in [-0.3, -0.25) is 9.59 Å². The van der Waals surface area contributed by atoms with Gasteiger partial charge in [0.05, 0.1) is 4.90 Å². The van der Waals surface area contributed by atoms with E-state index in [0.717, 1.165) is 11.6 Å². The second-order valence-electron chi connectivity index (χ2n) is 5.45. The molecule has 7 nitrogen and oxygen atoms in total. The van der Waals surface area contributed by atoms with Crippen molar-refractivity contribution in [1.82, 2.24) is 5.32 Å². The van der Waals surface area contributed by atoms with Gasteiger partial charge in [-0.1, -0.05) is 42.5 Å². The molecule has 0 atom stereocenters. The molecule has 1 amide bonds. The van der Waals surface area contributed by atoms with Crippen molar-refractivity contribution in [2.24, 2.45) is 5.14 Å². The zero-order valence-corrected chi connectivity index (χ0v) is 14.6. The topological polar surface area (TPSA) is 127 Å². The SMILES string of the molecule is NS(=O)(=O)c1ccc(CCNC(=O)C(=O)/C=C(\O)c2ccccc2)cc1. The minimum atomic E-state index is -3.74. The highest BCUT2D eigenvalue weighted by atomic mass is 32.2. The summed E-state index contributed by atoms with van der Waals surface area (Å²) >= 11 is 0. The lowest BCUT2D eigenvalue weighted by molar-refractivity contribution is -0.135. The lowest BCUT2D eigenvalue weighted by Gasteiger charge is -2.05. The van der Waals surface area contributed by atoms with Crippen LogP contribution < -0.4 is 10.5 Å². The van der Waals surface area contributed by atoms with E-state index < -0.39 is 21.7 Å². The van der Waals surface area contributed by atoms with E-state index in [1.165, 1.54) is 12.1 Å². The number of carbonyl (C=O) groups is 2. The molecule has 0 aromatic heterocycles. The fraction of sp³-hybridized carbons (Fsp3) is 0.111. The van der Waals surface area contributed by atoms with Crippen molar-refractivity contribution in [1.29, 1.82) is 0 Å². The lowest BCUT2D eigenvalue weighted by Crippen LogP contribution is -2.31. The third-order valence-electron chi connectivity index (χ3n) is 3.51. The number of benzene rings is 2. The first-order valence-electron chi connectivity index (χ1n) is 7.67. The first kappa shape index (κ1) is 19.4. The van der Waals surface area contributed by atoms with E-state index in [-0.39, 0.29) is 17.2 Å². The fourth-order valence-corrected chi connectivity index (χ4v) is 2.65. The highest BCUT2D eigenvalue weighted by Gasteiger charge is 2.12. The van der Waals surface area contributed by atoms with Gasteiger partial charge in [-0.2, -0.15) is 0 Å². The molecular formula is C18H18N2O5S. The number of carbonyl (C=O) groups excluding carboxylic acids is 2. The summed E-state index contributed by atoms with van der Waals surface area (Å²) in [5.74, 6) is -1.99. The van der Waals surface area contributed by atoms with Crippen LogP contribution in [0.2, 0.25) is 0 Å². The van der Waals surface area contributed by atoms with E-state index in [4.69, 9.17) is 5.14 Å². The van der Waals surface area contributed by atoms with Crippen LogP contribution in [0, 0.1) is 0 Å². The Balaban J connectivity index is 1.87. The Bertz CT molecular complexity index is 920. The molecule has 0 aliphatic carbocycles. The van der Waals surface area contributed by atoms with Crippen molar-refractivity contribution in [3.8, 4) is 0 Å². The van der Waals surface area contributed by atoms with Crippen LogP contribution in [-0.4, -0.2) is 31.8 Å². The van der Waals surface area contributed by atoms with E-state index in [1.54, 1.807) is 42.5 Å². The van der Waals surface area contributed by atoms with E-state index in [9.17, 15) is 23.1 Å². The van der Waals surface area contributed by atoms with Crippen molar-refractivity contribution in [2.45, 2.75) is 11.3 Å². The van der Waals surface area contributed by atoms with Gasteiger partial charge in [0.1, 0.15) is 5.76 Å². The second kappa shape index (κ2) is 8.41. The van der Waals surface area contributed by atoms with Gasteiger partial charge < -0.3 is 10.4 Å². The van der Waals surface area contributed by atoms with E-state index in [2.05, 4.69) is 5.32 Å². The van der Waals surface area contributed by atoms with Crippen LogP contribution in [0.4, 0.5) is 0 Å². The van der Waals surface area contributed by atoms with Crippen LogP contribution >= 0.6 is 0 Å². The normalized spacial score (nSPS) is 11.8. The number of hydrogen-bond acceptors (Lipinski definition) is 5. The Morgan fingerprint density at radius 2 is 1.65 bits per heavy atom. The molecule has 0 radical (unpaired) electrons. The number of aliphatic hydroxyl groups excluding tert-OH is 1. The summed E-state index contributed by atoms with van der Waals surface area (Å²) in [7, 11) is -3.74. The number of ketones is 1. The van der Waals surface area contributed by atoms with Crippen LogP contribution in [-0.2, 0) is 26.0 Å². The van der Waals surface area contributed by atoms with Gasteiger partial charge >= 0.3 is 0 Å². The molecule has 2 rings (SSSR count). The highest BCUT2D eigenvalue weighted by molar-refractivity contribution is 7.89. The van der Waals surface area contributed by atoms with Gasteiger partial charge in [0.2, 0.25) is 15.8 Å². The summed E-state index contributed by atoms with van der Waals surface area (Å²) in [6, 6.07) is 14.3. The summed E-state index contributed by atoms with van der Waals surface area (Å²) in [5, 5.41) is 17.3. The maximum absolute atomic E-state index is 11.8. The fourth-order valence-electron chi connectivity index (χ4n) is 2.14. The minimum absolute atomic E-state index is 0.00184. The molecule has 0 aliphatic rings. The largest absolute Gasteiger partial charge is 0.507 e. The Kier molecular flexibility index (Phi) is 6.26. The molecule has 4 N–H and O–H groups in total. The molecule has 8 heteroatoms. The third-order valence-corrected chi connectivity index (χ3v) is 4.44. The van der Waals surface area contributed by atoms with Gasteiger partial charge in [0.15, 0.2) is 0 Å². The number of nitrogens with two attached hydrogens (primary N) is 1. The summed E-state index contributed by atoms with van der Waals surface area (Å²) < 4.78 is 22.3. The summed E-state index contributed by atoms with van der Waals surface area (Å²) in [5.41, 5.74) is 1.21. The number of hydrogen-bond donors (Lipinski definition) is 3. The predicted octanol–water partition coefficient (Wildman–Crippen LogP) is 1.16. The number of rotatable bonds is 7. The van der Waals surface area contributed by atoms with Crippen LogP contribution in [0.25, 0.3) is 5.76 Å². The molecule has 0 unspecified atom stereocenters. The monoisotopic (exact) mass is 374 g/mol. The lowest BCUT2D eigenvalue weighted by atomic mass is 10.1. The first-order chi connectivity index (χ1) is 12.3. The molecular weight excluding hydrogens is 356 g/mol. The molecule has 2 aromatic rings. The third kappa shape index (κ3) is 5.54. The quantitative estimate of drug-likeness (QED) is 0.381. The van der Waals surface area contributed by atoms with Crippen molar-refractivity contribution < 1.29 is 23.1 Å². The van der Waals surface area contributed by atoms with Gasteiger partial charge in [-0.05, 0) is 24.1 Å². The van der Waals surface area contributed by atoms with Crippen LogP contribution in [0.5, 0.6) is 0 Å². The number of aliphatic hydroxyl groups is 1. The van der Waals surface area contributed by atoms with Gasteiger partial charge in [0, 0.05) is 18.2 Å². The molecule has 0 fully saturated rings. The average molecular weight is 374 g/mol. The standard InChI is InChI=1S/C18H18N2O5S/c19-26(24,25)15-8-6-13(7-9-15)10-11-20-18(23)17(22)12-16(21)14-4-2-1-3-5-14/h1-9,12,21H,10-11H2,(H,20,23)(H2,19,24,25)/b16-12-.